The third-order valence-electron chi connectivity index (χ3n) is 6.87. The largest absolute Gasteiger partial charge is 0.377 e. The van der Waals surface area contributed by atoms with Crippen molar-refractivity contribution in [3.05, 3.63) is 76.9 Å². The molecular formula is C27H27BrN6O. The molecule has 178 valence electrons. The van der Waals surface area contributed by atoms with Crippen LogP contribution in [0, 0.1) is 0 Å². The van der Waals surface area contributed by atoms with Crippen molar-refractivity contribution in [3.8, 4) is 11.4 Å². The second-order valence-electron chi connectivity index (χ2n) is 9.14. The number of pyridine rings is 1. The van der Waals surface area contributed by atoms with Gasteiger partial charge in [0.2, 0.25) is 0 Å². The maximum absolute atomic E-state index is 5.55. The van der Waals surface area contributed by atoms with E-state index in [0.29, 0.717) is 19.3 Å². The number of piperidine rings is 1. The highest BCUT2D eigenvalue weighted by atomic mass is 79.9. The topological polar surface area (TPSA) is 69.0 Å². The Morgan fingerprint density at radius 3 is 2.60 bits per heavy atom. The van der Waals surface area contributed by atoms with Gasteiger partial charge in [0, 0.05) is 37.4 Å². The predicted molar refractivity (Wildman–Crippen MR) is 140 cm³/mol. The summed E-state index contributed by atoms with van der Waals surface area (Å²) in [6.07, 6.45) is 9.02. The number of hydrogen-bond donors (Lipinski definition) is 0. The lowest BCUT2D eigenvalue weighted by atomic mass is 10.0. The molecule has 0 radical (unpaired) electrons. The minimum absolute atomic E-state index is 0.370. The summed E-state index contributed by atoms with van der Waals surface area (Å²) in [5.74, 6) is 0.752. The molecule has 1 saturated heterocycles. The van der Waals surface area contributed by atoms with Gasteiger partial charge in [-0.15, -0.1) is 0 Å². The molecule has 0 bridgehead atoms. The summed E-state index contributed by atoms with van der Waals surface area (Å²) in [6, 6.07) is 14.7. The number of ether oxygens (including phenoxy) is 1. The Balaban J connectivity index is 1.30. The zero-order valence-electron chi connectivity index (χ0n) is 19.5. The minimum Gasteiger partial charge on any atom is -0.377 e. The molecule has 0 amide bonds. The SMILES string of the molecule is Brc1ccc(CN2CCC(n3cnc4c(C5=CCOCC5)nc(-c5ccccc5)nc43)CC2)cn1. The van der Waals surface area contributed by atoms with Crippen LogP contribution in [0.4, 0.5) is 0 Å². The monoisotopic (exact) mass is 530 g/mol. The van der Waals surface area contributed by atoms with E-state index in [1.165, 1.54) is 11.1 Å². The quantitative estimate of drug-likeness (QED) is 0.326. The molecule has 0 spiro atoms. The average Bonchev–Trinajstić information content (AvgIpc) is 3.35. The molecule has 4 aromatic rings. The summed E-state index contributed by atoms with van der Waals surface area (Å²) in [7, 11) is 0. The number of fused-ring (bicyclic) bond motifs is 1. The maximum Gasteiger partial charge on any atom is 0.164 e. The highest BCUT2D eigenvalue weighted by Crippen LogP contribution is 2.32. The first-order valence-corrected chi connectivity index (χ1v) is 12.9. The first-order chi connectivity index (χ1) is 17.2. The number of benzene rings is 1. The molecule has 2 aliphatic rings. The van der Waals surface area contributed by atoms with Crippen LogP contribution in [0.3, 0.4) is 0 Å². The number of imidazole rings is 1. The lowest BCUT2D eigenvalue weighted by molar-refractivity contribution is 0.161. The van der Waals surface area contributed by atoms with Gasteiger partial charge in [-0.3, -0.25) is 4.90 Å². The molecule has 0 unspecified atom stereocenters. The van der Waals surface area contributed by atoms with Crippen molar-refractivity contribution in [1.82, 2.24) is 29.4 Å². The number of likely N-dealkylation sites (tertiary alicyclic amines) is 1. The predicted octanol–water partition coefficient (Wildman–Crippen LogP) is 5.29. The van der Waals surface area contributed by atoms with E-state index < -0.39 is 0 Å². The van der Waals surface area contributed by atoms with Gasteiger partial charge in [-0.25, -0.2) is 19.9 Å². The van der Waals surface area contributed by atoms with E-state index in [-0.39, 0.29) is 0 Å². The molecule has 1 fully saturated rings. The fraction of sp³-hybridized carbons (Fsp3) is 0.333. The van der Waals surface area contributed by atoms with Gasteiger partial charge in [0.1, 0.15) is 10.1 Å². The van der Waals surface area contributed by atoms with Crippen molar-refractivity contribution >= 4 is 32.7 Å². The zero-order chi connectivity index (χ0) is 23.6. The Morgan fingerprint density at radius 2 is 1.86 bits per heavy atom. The number of nitrogens with zero attached hydrogens (tertiary/aromatic N) is 6. The van der Waals surface area contributed by atoms with Crippen LogP contribution >= 0.6 is 15.9 Å². The van der Waals surface area contributed by atoms with Gasteiger partial charge >= 0.3 is 0 Å². The third-order valence-corrected chi connectivity index (χ3v) is 7.34. The average molecular weight is 531 g/mol. The van der Waals surface area contributed by atoms with Crippen molar-refractivity contribution in [3.63, 3.8) is 0 Å². The van der Waals surface area contributed by atoms with Crippen molar-refractivity contribution in [2.75, 3.05) is 26.3 Å². The van der Waals surface area contributed by atoms with Crippen molar-refractivity contribution in [1.29, 1.82) is 0 Å². The van der Waals surface area contributed by atoms with Gasteiger partial charge in [-0.2, -0.15) is 0 Å². The minimum atomic E-state index is 0.370. The third kappa shape index (κ3) is 4.78. The highest BCUT2D eigenvalue weighted by molar-refractivity contribution is 9.10. The van der Waals surface area contributed by atoms with Gasteiger partial charge in [0.25, 0.3) is 0 Å². The first kappa shape index (κ1) is 22.5. The number of halogens is 1. The summed E-state index contributed by atoms with van der Waals surface area (Å²) >= 11 is 3.42. The van der Waals surface area contributed by atoms with E-state index in [4.69, 9.17) is 19.7 Å². The van der Waals surface area contributed by atoms with Crippen molar-refractivity contribution in [2.24, 2.45) is 0 Å². The molecule has 7 nitrogen and oxygen atoms in total. The van der Waals surface area contributed by atoms with Crippen molar-refractivity contribution < 1.29 is 4.74 Å². The number of hydrogen-bond acceptors (Lipinski definition) is 6. The molecule has 6 rings (SSSR count). The molecule has 0 N–H and O–H groups in total. The lowest BCUT2D eigenvalue weighted by Crippen LogP contribution is -2.34. The van der Waals surface area contributed by atoms with E-state index in [1.807, 2.05) is 36.8 Å². The molecule has 8 heteroatoms. The van der Waals surface area contributed by atoms with Gasteiger partial charge in [-0.1, -0.05) is 42.5 Å². The molecule has 3 aromatic heterocycles. The number of rotatable bonds is 5. The highest BCUT2D eigenvalue weighted by Gasteiger charge is 2.25. The smallest absolute Gasteiger partial charge is 0.164 e. The Hall–Kier alpha value is -2.94. The first-order valence-electron chi connectivity index (χ1n) is 12.1. The molecule has 1 aromatic carbocycles. The normalized spacial score (nSPS) is 17.6. The van der Waals surface area contributed by atoms with Crippen LogP contribution in [0.15, 0.2) is 65.7 Å². The molecule has 35 heavy (non-hydrogen) atoms. The van der Waals surface area contributed by atoms with Gasteiger partial charge in [-0.05, 0) is 52.4 Å². The second kappa shape index (κ2) is 9.97. The van der Waals surface area contributed by atoms with Crippen LogP contribution in [0.5, 0.6) is 0 Å². The summed E-state index contributed by atoms with van der Waals surface area (Å²) in [5.41, 5.74) is 6.22. The fourth-order valence-electron chi connectivity index (χ4n) is 4.98. The van der Waals surface area contributed by atoms with Crippen LogP contribution in [0.2, 0.25) is 0 Å². The summed E-state index contributed by atoms with van der Waals surface area (Å²) in [4.78, 5) is 21.7. The summed E-state index contributed by atoms with van der Waals surface area (Å²) < 4.78 is 8.71. The lowest BCUT2D eigenvalue weighted by Gasteiger charge is -2.32. The standard InChI is InChI=1S/C27H27BrN6O/c28-23-7-6-19(16-29-23)17-33-12-8-22(9-13-33)34-18-30-25-24(20-10-14-35-15-11-20)31-26(32-27(25)34)21-4-2-1-3-5-21/h1-7,10,16,18,22H,8-9,11-15,17H2. The van der Waals surface area contributed by atoms with E-state index in [9.17, 15) is 0 Å². The van der Waals surface area contributed by atoms with Crippen LogP contribution in [-0.4, -0.2) is 55.7 Å². The molecule has 0 atom stereocenters. The molecule has 2 aliphatic heterocycles. The van der Waals surface area contributed by atoms with Crippen LogP contribution in [0.25, 0.3) is 28.1 Å². The van der Waals surface area contributed by atoms with Gasteiger partial charge < -0.3 is 9.30 Å². The Bertz CT molecular complexity index is 1340. The van der Waals surface area contributed by atoms with Gasteiger partial charge in [0.15, 0.2) is 11.5 Å². The van der Waals surface area contributed by atoms with Crippen LogP contribution in [0.1, 0.15) is 36.6 Å². The zero-order valence-corrected chi connectivity index (χ0v) is 21.1. The Morgan fingerprint density at radius 1 is 1.00 bits per heavy atom. The second-order valence-corrected chi connectivity index (χ2v) is 9.95. The van der Waals surface area contributed by atoms with E-state index in [0.717, 1.165) is 71.7 Å². The molecule has 0 aliphatic carbocycles. The van der Waals surface area contributed by atoms with E-state index >= 15 is 0 Å². The molecular weight excluding hydrogens is 504 g/mol. The van der Waals surface area contributed by atoms with Crippen LogP contribution < -0.4 is 0 Å². The molecule has 0 saturated carbocycles. The summed E-state index contributed by atoms with van der Waals surface area (Å²) in [5, 5.41) is 0. The van der Waals surface area contributed by atoms with Gasteiger partial charge in [0.05, 0.1) is 25.2 Å². The Kier molecular flexibility index (Phi) is 6.41. The van der Waals surface area contributed by atoms with Crippen LogP contribution in [-0.2, 0) is 11.3 Å². The fourth-order valence-corrected chi connectivity index (χ4v) is 5.21. The molecule has 5 heterocycles. The summed E-state index contributed by atoms with van der Waals surface area (Å²) in [6.45, 7) is 4.33. The van der Waals surface area contributed by atoms with E-state index in [2.05, 4.69) is 54.7 Å². The number of aromatic nitrogens is 5. The van der Waals surface area contributed by atoms with E-state index in [1.54, 1.807) is 0 Å². The Labute approximate surface area is 213 Å². The van der Waals surface area contributed by atoms with Crippen molar-refractivity contribution in [2.45, 2.75) is 31.8 Å². The maximum atomic E-state index is 5.55.